The highest BCUT2D eigenvalue weighted by Crippen LogP contribution is 2.33. The van der Waals surface area contributed by atoms with Gasteiger partial charge < -0.3 is 10.4 Å². The highest BCUT2D eigenvalue weighted by atomic mass is 16.4. The fourth-order valence-corrected chi connectivity index (χ4v) is 5.16. The van der Waals surface area contributed by atoms with Crippen molar-refractivity contribution >= 4 is 11.5 Å². The maximum Gasteiger partial charge on any atom is 0.307 e. The van der Waals surface area contributed by atoms with E-state index < -0.39 is 11.9 Å². The summed E-state index contributed by atoms with van der Waals surface area (Å²) < 4.78 is 0. The monoisotopic (exact) mass is 423 g/mol. The number of aromatic nitrogens is 4. The first-order chi connectivity index (χ1) is 15.2. The van der Waals surface area contributed by atoms with E-state index in [0.29, 0.717) is 18.7 Å². The number of carboxylic acids is 1. The molecule has 7 nitrogen and oxygen atoms in total. The molecule has 1 aliphatic carbocycles. The van der Waals surface area contributed by atoms with E-state index in [-0.39, 0.29) is 5.92 Å². The molecular formula is C24H33N5O2. The molecule has 1 saturated carbocycles. The molecule has 1 fully saturated rings. The molecule has 0 radical (unpaired) electrons. The third-order valence-corrected chi connectivity index (χ3v) is 6.96. The average Bonchev–Trinajstić information content (AvgIpc) is 3.51. The van der Waals surface area contributed by atoms with E-state index >= 15 is 0 Å². The lowest BCUT2D eigenvalue weighted by Gasteiger charge is -2.24. The Labute approximate surface area is 183 Å². The first-order valence-electron chi connectivity index (χ1n) is 11.7. The maximum atomic E-state index is 12.2. The predicted octanol–water partition coefficient (Wildman–Crippen LogP) is 3.96. The number of nitrogens with one attached hydrogen (secondary N) is 2. The molecule has 7 heteroatoms. The summed E-state index contributed by atoms with van der Waals surface area (Å²) in [6, 6.07) is 8.46. The maximum absolute atomic E-state index is 12.2. The van der Waals surface area contributed by atoms with Gasteiger partial charge in [0.05, 0.1) is 5.92 Å². The van der Waals surface area contributed by atoms with Gasteiger partial charge in [-0.2, -0.15) is 0 Å². The molecule has 2 atom stereocenters. The van der Waals surface area contributed by atoms with Crippen molar-refractivity contribution in [2.75, 3.05) is 13.1 Å². The van der Waals surface area contributed by atoms with Gasteiger partial charge in [0.1, 0.15) is 0 Å². The molecule has 166 valence electrons. The second-order valence-corrected chi connectivity index (χ2v) is 9.03. The molecule has 1 aliphatic heterocycles. The highest BCUT2D eigenvalue weighted by molar-refractivity contribution is 5.71. The van der Waals surface area contributed by atoms with E-state index in [4.69, 9.17) is 0 Å². The minimum Gasteiger partial charge on any atom is -0.481 e. The van der Waals surface area contributed by atoms with E-state index in [2.05, 4.69) is 56.3 Å². The van der Waals surface area contributed by atoms with Crippen LogP contribution in [0.1, 0.15) is 74.2 Å². The van der Waals surface area contributed by atoms with Gasteiger partial charge >= 0.3 is 5.97 Å². The lowest BCUT2D eigenvalue weighted by Crippen LogP contribution is -2.25. The fourth-order valence-electron chi connectivity index (χ4n) is 5.16. The van der Waals surface area contributed by atoms with Gasteiger partial charge in [0.25, 0.3) is 0 Å². The van der Waals surface area contributed by atoms with Crippen molar-refractivity contribution in [3.05, 3.63) is 47.3 Å². The van der Waals surface area contributed by atoms with Gasteiger partial charge in [-0.3, -0.25) is 4.79 Å². The molecule has 0 saturated heterocycles. The lowest BCUT2D eigenvalue weighted by atomic mass is 9.80. The first kappa shape index (κ1) is 21.7. The van der Waals surface area contributed by atoms with Crippen LogP contribution in [0.2, 0.25) is 0 Å². The van der Waals surface area contributed by atoms with Crippen LogP contribution in [0.15, 0.2) is 30.3 Å². The van der Waals surface area contributed by atoms with Gasteiger partial charge in [-0.05, 0) is 45.9 Å². The van der Waals surface area contributed by atoms with Gasteiger partial charge in [0.15, 0.2) is 5.82 Å². The Hall–Kier alpha value is -2.54. The summed E-state index contributed by atoms with van der Waals surface area (Å²) >= 11 is 0. The molecule has 0 amide bonds. The topological polar surface area (TPSA) is 104 Å². The second-order valence-electron chi connectivity index (χ2n) is 9.03. The number of tetrazole rings is 1. The van der Waals surface area contributed by atoms with E-state index in [0.717, 1.165) is 37.4 Å². The van der Waals surface area contributed by atoms with E-state index in [9.17, 15) is 9.90 Å². The lowest BCUT2D eigenvalue weighted by molar-refractivity contribution is -0.143. The molecule has 0 unspecified atom stereocenters. The molecule has 2 aliphatic rings. The van der Waals surface area contributed by atoms with Crippen LogP contribution < -0.4 is 5.32 Å². The smallest absolute Gasteiger partial charge is 0.307 e. The molecular weight excluding hydrogens is 390 g/mol. The van der Waals surface area contributed by atoms with Crippen molar-refractivity contribution in [1.82, 2.24) is 25.9 Å². The minimum absolute atomic E-state index is 0.267. The number of aromatic amines is 1. The predicted molar refractivity (Wildman–Crippen MR) is 119 cm³/mol. The molecule has 2 aromatic rings. The molecule has 0 spiro atoms. The summed E-state index contributed by atoms with van der Waals surface area (Å²) in [6.07, 6.45) is 12.1. The van der Waals surface area contributed by atoms with E-state index in [1.807, 2.05) is 0 Å². The highest BCUT2D eigenvalue weighted by Gasteiger charge is 2.32. The van der Waals surface area contributed by atoms with Crippen LogP contribution in [0, 0.1) is 11.8 Å². The Balaban J connectivity index is 1.44. The Morgan fingerprint density at radius 3 is 2.61 bits per heavy atom. The van der Waals surface area contributed by atoms with Gasteiger partial charge in [-0.25, -0.2) is 5.10 Å². The molecule has 2 heterocycles. The first-order valence-corrected chi connectivity index (χ1v) is 11.7. The van der Waals surface area contributed by atoms with Crippen LogP contribution in [0.5, 0.6) is 0 Å². The van der Waals surface area contributed by atoms with Crippen LogP contribution in [-0.4, -0.2) is 44.8 Å². The third kappa shape index (κ3) is 5.79. The zero-order valence-electron chi connectivity index (χ0n) is 18.1. The number of benzene rings is 1. The Kier molecular flexibility index (Phi) is 7.46. The normalized spacial score (nSPS) is 19.2. The summed E-state index contributed by atoms with van der Waals surface area (Å²) in [4.78, 5) is 12.2. The zero-order valence-corrected chi connectivity index (χ0v) is 18.1. The molecule has 4 rings (SSSR count). The summed E-state index contributed by atoms with van der Waals surface area (Å²) in [5.41, 5.74) is 3.64. The van der Waals surface area contributed by atoms with Crippen molar-refractivity contribution in [2.45, 2.75) is 63.7 Å². The summed E-state index contributed by atoms with van der Waals surface area (Å²) in [6.45, 7) is 1.81. The zero-order chi connectivity index (χ0) is 21.5. The van der Waals surface area contributed by atoms with Crippen molar-refractivity contribution in [1.29, 1.82) is 0 Å². The van der Waals surface area contributed by atoms with Crippen LogP contribution in [0.4, 0.5) is 0 Å². The van der Waals surface area contributed by atoms with Crippen molar-refractivity contribution in [3.63, 3.8) is 0 Å². The number of H-pyrrole nitrogens is 1. The molecule has 1 aromatic carbocycles. The van der Waals surface area contributed by atoms with Crippen LogP contribution >= 0.6 is 0 Å². The summed E-state index contributed by atoms with van der Waals surface area (Å²) in [5, 5.41) is 27.7. The average molecular weight is 424 g/mol. The second kappa shape index (κ2) is 10.7. The number of carbonyl (C=O) groups is 1. The van der Waals surface area contributed by atoms with Gasteiger partial charge in [0, 0.05) is 19.0 Å². The Morgan fingerprint density at radius 1 is 1.16 bits per heavy atom. The third-order valence-electron chi connectivity index (χ3n) is 6.96. The summed E-state index contributed by atoms with van der Waals surface area (Å²) in [5.74, 6) is -0.196. The largest absolute Gasteiger partial charge is 0.481 e. The Bertz CT molecular complexity index is 857. The van der Waals surface area contributed by atoms with Crippen molar-refractivity contribution in [2.24, 2.45) is 11.8 Å². The van der Waals surface area contributed by atoms with E-state index in [1.165, 1.54) is 43.2 Å². The number of nitrogens with zero attached hydrogens (tertiary/aromatic N) is 3. The molecule has 1 aromatic heterocycles. The quantitative estimate of drug-likeness (QED) is 0.534. The van der Waals surface area contributed by atoms with Gasteiger partial charge in [-0.15, -0.1) is 5.10 Å². The van der Waals surface area contributed by atoms with Crippen molar-refractivity contribution in [3.8, 4) is 0 Å². The molecule has 0 bridgehead atoms. The van der Waals surface area contributed by atoms with Crippen LogP contribution in [0.25, 0.3) is 5.57 Å². The number of rotatable bonds is 10. The number of aliphatic carboxylic acids is 1. The fraction of sp³-hybridized carbons (Fsp3) is 0.583. The number of hydrogen-bond donors (Lipinski definition) is 3. The van der Waals surface area contributed by atoms with Gasteiger partial charge in [0.2, 0.25) is 0 Å². The summed E-state index contributed by atoms with van der Waals surface area (Å²) in [7, 11) is 0. The number of carboxylic acid groups (broad SMARTS) is 1. The SMILES string of the molecule is O=C(O)[C@@H](CCCC1CCCCC1)[C@H](Cc1ccc(C2=CCNC2)cc1)c1nnn[nH]1. The van der Waals surface area contributed by atoms with Gasteiger partial charge in [-0.1, -0.05) is 75.3 Å². The molecule has 3 N–H and O–H groups in total. The standard InChI is InChI=1S/C24H33N5O2/c30-24(31)21(8-4-7-17-5-2-1-3-6-17)22(23-26-28-29-27-23)15-18-9-11-19(12-10-18)20-13-14-25-16-20/h9-13,17,21-22,25H,1-8,14-16H2,(H,30,31)(H,26,27,28,29)/t21-,22-/m0/s1. The Morgan fingerprint density at radius 2 is 1.97 bits per heavy atom. The number of hydrogen-bond acceptors (Lipinski definition) is 5. The minimum atomic E-state index is -0.760. The molecule has 31 heavy (non-hydrogen) atoms. The van der Waals surface area contributed by atoms with E-state index in [1.54, 1.807) is 0 Å². The van der Waals surface area contributed by atoms with Crippen molar-refractivity contribution < 1.29 is 9.90 Å². The van der Waals surface area contributed by atoms with Crippen LogP contribution in [0.3, 0.4) is 0 Å². The van der Waals surface area contributed by atoms with Crippen LogP contribution in [-0.2, 0) is 11.2 Å².